The van der Waals surface area contributed by atoms with Gasteiger partial charge in [0.05, 0.1) is 6.54 Å². The van der Waals surface area contributed by atoms with Crippen molar-refractivity contribution in [3.8, 4) is 0 Å². The average molecular weight is 324 g/mol. The Balaban J connectivity index is 2.11. The Morgan fingerprint density at radius 3 is 2.64 bits per heavy atom. The van der Waals surface area contributed by atoms with Crippen LogP contribution in [0.5, 0.6) is 0 Å². The van der Waals surface area contributed by atoms with Crippen LogP contribution in [-0.2, 0) is 14.8 Å². The summed E-state index contributed by atoms with van der Waals surface area (Å²) in [5, 5.41) is 2.71. The van der Waals surface area contributed by atoms with Crippen molar-refractivity contribution >= 4 is 21.8 Å². The maximum absolute atomic E-state index is 12.0. The molecule has 1 aromatic carbocycles. The molecule has 0 saturated heterocycles. The minimum atomic E-state index is -3.68. The summed E-state index contributed by atoms with van der Waals surface area (Å²) in [5.41, 5.74) is 5.81. The maximum atomic E-state index is 12.0. The van der Waals surface area contributed by atoms with E-state index in [-0.39, 0.29) is 23.2 Å². The number of likely N-dealkylation sites (N-methyl/N-ethyl adjacent to an activating group) is 1. The minimum absolute atomic E-state index is 0.00122. The summed E-state index contributed by atoms with van der Waals surface area (Å²) in [4.78, 5) is 13.6. The molecule has 0 radical (unpaired) electrons. The summed E-state index contributed by atoms with van der Waals surface area (Å²) in [5.74, 6) is 0.0308. The van der Waals surface area contributed by atoms with Crippen LogP contribution in [0.4, 0.5) is 0 Å². The number of rotatable bonds is 4. The van der Waals surface area contributed by atoms with Crippen molar-refractivity contribution in [1.82, 2.24) is 10.2 Å². The number of nitrogens with one attached hydrogen (secondary N) is 1. The normalized spacial score (nSPS) is 15.9. The Bertz CT molecular complexity index is 720. The molecule has 0 fully saturated rings. The topological polar surface area (TPSA) is 105 Å². The smallest absolute Gasteiger partial charge is 0.285 e. The molecule has 0 spiro atoms. The predicted molar refractivity (Wildman–Crippen MR) is 84.1 cm³/mol. The number of hydrogen-bond acceptors (Lipinski definition) is 5. The van der Waals surface area contributed by atoms with Crippen LogP contribution < -0.4 is 11.1 Å². The van der Waals surface area contributed by atoms with Gasteiger partial charge in [0, 0.05) is 24.7 Å². The molecule has 1 heterocycles. The Kier molecular flexibility index (Phi) is 4.25. The van der Waals surface area contributed by atoms with E-state index < -0.39 is 15.6 Å². The quantitative estimate of drug-likeness (QED) is 0.806. The van der Waals surface area contributed by atoms with Gasteiger partial charge in [-0.1, -0.05) is 12.1 Å². The van der Waals surface area contributed by atoms with E-state index in [0.717, 1.165) is 0 Å². The molecule has 0 aromatic heterocycles. The minimum Gasteiger partial charge on any atom is -0.353 e. The van der Waals surface area contributed by atoms with Crippen molar-refractivity contribution in [3.63, 3.8) is 0 Å². The van der Waals surface area contributed by atoms with Crippen molar-refractivity contribution in [2.24, 2.45) is 10.1 Å². The monoisotopic (exact) mass is 324 g/mol. The van der Waals surface area contributed by atoms with Gasteiger partial charge in [-0.05, 0) is 26.0 Å². The standard InChI is InChI=1S/C14H20N4O3S/c1-14(2,15)9-16-12(19)8-18(3)13-10-6-4-5-7-11(10)22(20,21)17-13/h4-7H,8-9,15H2,1-3H3,(H,16,19). The second kappa shape index (κ2) is 5.69. The highest BCUT2D eigenvalue weighted by Gasteiger charge is 2.30. The van der Waals surface area contributed by atoms with E-state index in [2.05, 4.69) is 9.71 Å². The van der Waals surface area contributed by atoms with Gasteiger partial charge in [-0.15, -0.1) is 4.40 Å². The molecule has 8 heteroatoms. The Morgan fingerprint density at radius 2 is 2.00 bits per heavy atom. The van der Waals surface area contributed by atoms with Gasteiger partial charge in [-0.25, -0.2) is 0 Å². The number of nitrogens with two attached hydrogens (primary N) is 1. The molecule has 22 heavy (non-hydrogen) atoms. The number of sulfonamides is 1. The molecular formula is C14H20N4O3S. The van der Waals surface area contributed by atoms with Gasteiger partial charge in [0.1, 0.15) is 4.90 Å². The fourth-order valence-electron chi connectivity index (χ4n) is 2.04. The first-order chi connectivity index (χ1) is 10.1. The molecule has 1 amide bonds. The van der Waals surface area contributed by atoms with Gasteiger partial charge >= 0.3 is 0 Å². The van der Waals surface area contributed by atoms with Crippen molar-refractivity contribution < 1.29 is 13.2 Å². The van der Waals surface area contributed by atoms with Gasteiger partial charge in [-0.3, -0.25) is 4.79 Å². The molecule has 0 bridgehead atoms. The van der Waals surface area contributed by atoms with Crippen LogP contribution in [-0.4, -0.2) is 50.7 Å². The highest BCUT2D eigenvalue weighted by atomic mass is 32.2. The maximum Gasteiger partial charge on any atom is 0.285 e. The van der Waals surface area contributed by atoms with Gasteiger partial charge in [0.15, 0.2) is 5.84 Å². The molecule has 0 unspecified atom stereocenters. The summed E-state index contributed by atoms with van der Waals surface area (Å²) in [7, 11) is -2.05. The van der Waals surface area contributed by atoms with Crippen LogP contribution in [0, 0.1) is 0 Å². The van der Waals surface area contributed by atoms with Gasteiger partial charge < -0.3 is 16.0 Å². The molecule has 1 aliphatic heterocycles. The van der Waals surface area contributed by atoms with Crippen LogP contribution in [0.2, 0.25) is 0 Å². The predicted octanol–water partition coefficient (Wildman–Crippen LogP) is -0.0792. The lowest BCUT2D eigenvalue weighted by molar-refractivity contribution is -0.121. The van der Waals surface area contributed by atoms with E-state index in [1.807, 2.05) is 0 Å². The van der Waals surface area contributed by atoms with Crippen LogP contribution >= 0.6 is 0 Å². The summed E-state index contributed by atoms with van der Waals surface area (Å²) in [6.45, 7) is 3.95. The van der Waals surface area contributed by atoms with Crippen molar-refractivity contribution in [1.29, 1.82) is 0 Å². The van der Waals surface area contributed by atoms with E-state index in [0.29, 0.717) is 12.1 Å². The molecule has 1 aliphatic rings. The third-order valence-electron chi connectivity index (χ3n) is 3.10. The second-order valence-electron chi connectivity index (χ2n) is 6.01. The molecule has 3 N–H and O–H groups in total. The zero-order valence-corrected chi connectivity index (χ0v) is 13.6. The fourth-order valence-corrected chi connectivity index (χ4v) is 3.29. The molecule has 2 rings (SSSR count). The van der Waals surface area contributed by atoms with Crippen LogP contribution in [0.1, 0.15) is 19.4 Å². The summed E-state index contributed by atoms with van der Waals surface area (Å²) in [6.07, 6.45) is 0. The van der Waals surface area contributed by atoms with Crippen molar-refractivity contribution in [2.75, 3.05) is 20.1 Å². The van der Waals surface area contributed by atoms with Gasteiger partial charge in [0.2, 0.25) is 5.91 Å². The highest BCUT2D eigenvalue weighted by molar-refractivity contribution is 7.90. The van der Waals surface area contributed by atoms with E-state index in [9.17, 15) is 13.2 Å². The molecular weight excluding hydrogens is 304 g/mol. The molecule has 0 atom stereocenters. The summed E-state index contributed by atoms with van der Waals surface area (Å²) >= 11 is 0. The molecule has 0 aliphatic carbocycles. The third kappa shape index (κ3) is 3.63. The number of carbonyl (C=O) groups is 1. The second-order valence-corrected chi connectivity index (χ2v) is 7.58. The first kappa shape index (κ1) is 16.4. The Morgan fingerprint density at radius 1 is 1.36 bits per heavy atom. The fraction of sp³-hybridized carbons (Fsp3) is 0.429. The van der Waals surface area contributed by atoms with Gasteiger partial charge in [0.25, 0.3) is 10.0 Å². The number of amidine groups is 1. The Labute approximate surface area is 130 Å². The van der Waals surface area contributed by atoms with E-state index in [4.69, 9.17) is 5.73 Å². The molecule has 0 saturated carbocycles. The number of carbonyl (C=O) groups excluding carboxylic acids is 1. The number of hydrogen-bond donors (Lipinski definition) is 2. The van der Waals surface area contributed by atoms with Crippen LogP contribution in [0.3, 0.4) is 0 Å². The third-order valence-corrected chi connectivity index (χ3v) is 4.42. The van der Waals surface area contributed by atoms with Crippen molar-refractivity contribution in [2.45, 2.75) is 24.3 Å². The number of nitrogens with zero attached hydrogens (tertiary/aromatic N) is 2. The van der Waals surface area contributed by atoms with Gasteiger partial charge in [-0.2, -0.15) is 8.42 Å². The number of benzene rings is 1. The lowest BCUT2D eigenvalue weighted by atomic mass is 10.1. The Hall–Kier alpha value is -1.93. The first-order valence-corrected chi connectivity index (χ1v) is 8.25. The SMILES string of the molecule is CN(CC(=O)NCC(C)(C)N)C1=NS(=O)(=O)c2ccccc21. The highest BCUT2D eigenvalue weighted by Crippen LogP contribution is 2.26. The largest absolute Gasteiger partial charge is 0.353 e. The molecule has 1 aromatic rings. The zero-order chi connectivity index (χ0) is 16.5. The zero-order valence-electron chi connectivity index (χ0n) is 12.8. The average Bonchev–Trinajstić information content (AvgIpc) is 2.69. The first-order valence-electron chi connectivity index (χ1n) is 6.81. The van der Waals surface area contributed by atoms with E-state index in [1.165, 1.54) is 11.0 Å². The molecule has 7 nitrogen and oxygen atoms in total. The molecule has 120 valence electrons. The van der Waals surface area contributed by atoms with Crippen LogP contribution in [0.15, 0.2) is 33.6 Å². The van der Waals surface area contributed by atoms with Crippen molar-refractivity contribution in [3.05, 3.63) is 29.8 Å². The van der Waals surface area contributed by atoms with Crippen LogP contribution in [0.25, 0.3) is 0 Å². The number of amides is 1. The van der Waals surface area contributed by atoms with E-state index >= 15 is 0 Å². The lowest BCUT2D eigenvalue weighted by Crippen LogP contribution is -2.47. The summed E-state index contributed by atoms with van der Waals surface area (Å²) < 4.78 is 27.7. The number of fused-ring (bicyclic) bond motifs is 1. The lowest BCUT2D eigenvalue weighted by Gasteiger charge is -2.22. The summed E-state index contributed by atoms with van der Waals surface area (Å²) in [6, 6.07) is 6.56. The van der Waals surface area contributed by atoms with E-state index in [1.54, 1.807) is 39.1 Å².